The van der Waals surface area contributed by atoms with Gasteiger partial charge in [0.2, 0.25) is 0 Å². The summed E-state index contributed by atoms with van der Waals surface area (Å²) in [5.41, 5.74) is 6.13. The summed E-state index contributed by atoms with van der Waals surface area (Å²) in [6.07, 6.45) is 0.206. The van der Waals surface area contributed by atoms with Gasteiger partial charge >= 0.3 is 0 Å². The van der Waals surface area contributed by atoms with E-state index in [-0.39, 0.29) is 6.17 Å². The first-order chi connectivity index (χ1) is 12.7. The second-order valence-electron chi connectivity index (χ2n) is 6.89. The van der Waals surface area contributed by atoms with Gasteiger partial charge in [0.25, 0.3) is 0 Å². The Hall–Kier alpha value is -2.00. The highest BCUT2D eigenvalue weighted by molar-refractivity contribution is 6.37. The summed E-state index contributed by atoms with van der Waals surface area (Å²) >= 11 is 13.0. The Balaban J connectivity index is 1.64. The summed E-state index contributed by atoms with van der Waals surface area (Å²) in [5, 5.41) is 1.41. The highest BCUT2D eigenvalue weighted by atomic mass is 35.5. The SMILES string of the molecule is Clc1cc(Cl)c2c(c1)-c1ccccc1C1N(Cc3ccccc3)CCN21. The minimum Gasteiger partial charge on any atom is -0.349 e. The number of fused-ring (bicyclic) bond motifs is 6. The number of hydrogen-bond donors (Lipinski definition) is 0. The van der Waals surface area contributed by atoms with E-state index in [2.05, 4.69) is 64.4 Å². The lowest BCUT2D eigenvalue weighted by atomic mass is 9.91. The number of halogens is 2. The molecular formula is C22H18Cl2N2. The van der Waals surface area contributed by atoms with Gasteiger partial charge in [-0.3, -0.25) is 4.90 Å². The van der Waals surface area contributed by atoms with E-state index in [1.54, 1.807) is 0 Å². The Kier molecular flexibility index (Phi) is 3.93. The van der Waals surface area contributed by atoms with Gasteiger partial charge in [0.15, 0.2) is 0 Å². The second-order valence-corrected chi connectivity index (χ2v) is 7.74. The maximum atomic E-state index is 6.64. The van der Waals surface area contributed by atoms with Crippen molar-refractivity contribution < 1.29 is 0 Å². The van der Waals surface area contributed by atoms with E-state index in [4.69, 9.17) is 23.2 Å². The van der Waals surface area contributed by atoms with Gasteiger partial charge in [-0.2, -0.15) is 0 Å². The van der Waals surface area contributed by atoms with Gasteiger partial charge in [-0.25, -0.2) is 0 Å². The normalized spacial score (nSPS) is 18.4. The van der Waals surface area contributed by atoms with Crippen LogP contribution in [0, 0.1) is 0 Å². The molecule has 2 aliphatic heterocycles. The van der Waals surface area contributed by atoms with Crippen molar-refractivity contribution >= 4 is 28.9 Å². The first-order valence-electron chi connectivity index (χ1n) is 8.85. The van der Waals surface area contributed by atoms with E-state index in [9.17, 15) is 0 Å². The third-order valence-electron chi connectivity index (χ3n) is 5.34. The molecule has 2 heterocycles. The van der Waals surface area contributed by atoms with Gasteiger partial charge in [0.05, 0.1) is 10.7 Å². The van der Waals surface area contributed by atoms with E-state index in [1.165, 1.54) is 16.7 Å². The summed E-state index contributed by atoms with van der Waals surface area (Å²) < 4.78 is 0. The first kappa shape index (κ1) is 16.2. The van der Waals surface area contributed by atoms with Gasteiger partial charge in [0.1, 0.15) is 6.17 Å². The Morgan fingerprint density at radius 2 is 1.62 bits per heavy atom. The predicted molar refractivity (Wildman–Crippen MR) is 109 cm³/mol. The van der Waals surface area contributed by atoms with Crippen LogP contribution in [0.25, 0.3) is 11.1 Å². The number of anilines is 1. The molecule has 0 radical (unpaired) electrons. The fraction of sp³-hybridized carbons (Fsp3) is 0.182. The molecular weight excluding hydrogens is 363 g/mol. The zero-order valence-corrected chi connectivity index (χ0v) is 15.7. The quantitative estimate of drug-likeness (QED) is 0.538. The first-order valence-corrected chi connectivity index (χ1v) is 9.61. The fourth-order valence-corrected chi connectivity index (χ4v) is 4.89. The van der Waals surface area contributed by atoms with Crippen LogP contribution in [0.3, 0.4) is 0 Å². The predicted octanol–water partition coefficient (Wildman–Crippen LogP) is 5.99. The molecule has 0 N–H and O–H groups in total. The molecule has 0 aromatic heterocycles. The molecule has 0 bridgehead atoms. The third-order valence-corrected chi connectivity index (χ3v) is 5.85. The van der Waals surface area contributed by atoms with E-state index in [1.807, 2.05) is 12.1 Å². The smallest absolute Gasteiger partial charge is 0.109 e. The van der Waals surface area contributed by atoms with Crippen LogP contribution < -0.4 is 4.90 Å². The summed E-state index contributed by atoms with van der Waals surface area (Å²) in [7, 11) is 0. The maximum absolute atomic E-state index is 6.64. The second kappa shape index (κ2) is 6.31. The zero-order chi connectivity index (χ0) is 17.7. The average Bonchev–Trinajstić information content (AvgIpc) is 3.06. The van der Waals surface area contributed by atoms with Crippen LogP contribution in [0.1, 0.15) is 17.3 Å². The molecule has 130 valence electrons. The molecule has 4 heteroatoms. The number of hydrogen-bond acceptors (Lipinski definition) is 2. The molecule has 0 saturated carbocycles. The molecule has 0 spiro atoms. The molecule has 0 aliphatic carbocycles. The minimum absolute atomic E-state index is 0.206. The van der Waals surface area contributed by atoms with E-state index in [0.29, 0.717) is 5.02 Å². The topological polar surface area (TPSA) is 6.48 Å². The van der Waals surface area contributed by atoms with Crippen molar-refractivity contribution in [2.24, 2.45) is 0 Å². The lowest BCUT2D eigenvalue weighted by Gasteiger charge is -2.39. The Morgan fingerprint density at radius 1 is 0.846 bits per heavy atom. The molecule has 1 saturated heterocycles. The van der Waals surface area contributed by atoms with Crippen LogP contribution in [0.15, 0.2) is 66.7 Å². The summed E-state index contributed by atoms with van der Waals surface area (Å²) in [6, 6.07) is 23.2. The molecule has 2 nitrogen and oxygen atoms in total. The Bertz CT molecular complexity index is 971. The third kappa shape index (κ3) is 2.52. The van der Waals surface area contributed by atoms with Crippen LogP contribution >= 0.6 is 23.2 Å². The lowest BCUT2D eigenvalue weighted by molar-refractivity contribution is 0.249. The largest absolute Gasteiger partial charge is 0.349 e. The molecule has 3 aromatic rings. The van der Waals surface area contributed by atoms with Crippen LogP contribution in [0.2, 0.25) is 10.0 Å². The van der Waals surface area contributed by atoms with E-state index >= 15 is 0 Å². The van der Waals surface area contributed by atoms with Crippen LogP contribution in [-0.2, 0) is 6.54 Å². The molecule has 1 fully saturated rings. The van der Waals surface area contributed by atoms with Gasteiger partial charge < -0.3 is 4.90 Å². The fourth-order valence-electron chi connectivity index (χ4n) is 4.29. The molecule has 5 rings (SSSR count). The highest BCUT2D eigenvalue weighted by Gasteiger charge is 2.40. The molecule has 3 aromatic carbocycles. The van der Waals surface area contributed by atoms with Crippen molar-refractivity contribution in [3.8, 4) is 11.1 Å². The van der Waals surface area contributed by atoms with Crippen LogP contribution in [0.5, 0.6) is 0 Å². The minimum atomic E-state index is 0.206. The molecule has 26 heavy (non-hydrogen) atoms. The zero-order valence-electron chi connectivity index (χ0n) is 14.2. The number of nitrogens with zero attached hydrogens (tertiary/aromatic N) is 2. The van der Waals surface area contributed by atoms with Crippen molar-refractivity contribution in [3.63, 3.8) is 0 Å². The number of benzene rings is 3. The Labute approximate surface area is 163 Å². The van der Waals surface area contributed by atoms with Gasteiger partial charge in [0, 0.05) is 30.2 Å². The molecule has 0 amide bonds. The van der Waals surface area contributed by atoms with Crippen molar-refractivity contribution in [2.75, 3.05) is 18.0 Å². The van der Waals surface area contributed by atoms with Crippen molar-refractivity contribution in [1.29, 1.82) is 0 Å². The maximum Gasteiger partial charge on any atom is 0.109 e. The molecule has 2 aliphatic rings. The van der Waals surface area contributed by atoms with E-state index in [0.717, 1.165) is 35.9 Å². The standard InChI is InChI=1S/C22H18Cl2N2/c23-16-12-19-17-8-4-5-9-18(17)22-25(14-15-6-2-1-3-7-15)10-11-26(22)21(19)20(24)13-16/h1-9,12-13,22H,10-11,14H2. The Morgan fingerprint density at radius 3 is 2.46 bits per heavy atom. The highest BCUT2D eigenvalue weighted by Crippen LogP contribution is 2.51. The van der Waals surface area contributed by atoms with Crippen molar-refractivity contribution in [1.82, 2.24) is 4.90 Å². The monoisotopic (exact) mass is 380 g/mol. The van der Waals surface area contributed by atoms with Gasteiger partial charge in [-0.1, -0.05) is 77.8 Å². The van der Waals surface area contributed by atoms with Crippen molar-refractivity contribution in [2.45, 2.75) is 12.7 Å². The molecule has 1 unspecified atom stereocenters. The summed E-state index contributed by atoms with van der Waals surface area (Å²) in [5.74, 6) is 0. The summed E-state index contributed by atoms with van der Waals surface area (Å²) in [6.45, 7) is 2.89. The van der Waals surface area contributed by atoms with Gasteiger partial charge in [-0.05, 0) is 28.8 Å². The van der Waals surface area contributed by atoms with Gasteiger partial charge in [-0.15, -0.1) is 0 Å². The van der Waals surface area contributed by atoms with Crippen LogP contribution in [-0.4, -0.2) is 18.0 Å². The molecule has 1 atom stereocenters. The van der Waals surface area contributed by atoms with Crippen LogP contribution in [0.4, 0.5) is 5.69 Å². The summed E-state index contributed by atoms with van der Waals surface area (Å²) in [4.78, 5) is 4.96. The van der Waals surface area contributed by atoms with E-state index < -0.39 is 0 Å². The van der Waals surface area contributed by atoms with Crippen molar-refractivity contribution in [3.05, 3.63) is 87.9 Å². The number of rotatable bonds is 2. The average molecular weight is 381 g/mol. The lowest BCUT2D eigenvalue weighted by Crippen LogP contribution is -2.33.